The van der Waals surface area contributed by atoms with Crippen LogP contribution in [0, 0.1) is 4.91 Å². The van der Waals surface area contributed by atoms with Crippen LogP contribution in [0.4, 0.5) is 17.2 Å². The Morgan fingerprint density at radius 3 is 2.65 bits per heavy atom. The van der Waals surface area contributed by atoms with Gasteiger partial charge in [-0.2, -0.15) is 0 Å². The Morgan fingerprint density at radius 1 is 1.13 bits per heavy atom. The van der Waals surface area contributed by atoms with E-state index in [1.54, 1.807) is 37.6 Å². The maximum Gasteiger partial charge on any atom is 0.251 e. The van der Waals surface area contributed by atoms with Gasteiger partial charge >= 0.3 is 0 Å². The van der Waals surface area contributed by atoms with Crippen molar-refractivity contribution in [3.63, 3.8) is 0 Å². The van der Waals surface area contributed by atoms with Crippen molar-refractivity contribution in [2.45, 2.75) is 6.92 Å². The number of amides is 1. The van der Waals surface area contributed by atoms with E-state index in [0.717, 1.165) is 22.5 Å². The number of hydrogen-bond donors (Lipinski definition) is 2. The lowest BCUT2D eigenvalue weighted by Crippen LogP contribution is -2.18. The van der Waals surface area contributed by atoms with Crippen molar-refractivity contribution >= 4 is 34.8 Å². The molecule has 4 rings (SSSR count). The fourth-order valence-corrected chi connectivity index (χ4v) is 3.35. The SMILES string of the molecule is C/C=C/c1cc(Nc2nccn3c(-c4ccc(N=O)cc4)cnc23)ccc1C(=O)NC. The number of nitrogens with zero attached hydrogens (tertiary/aromatic N) is 4. The van der Waals surface area contributed by atoms with Crippen LogP contribution >= 0.6 is 0 Å². The van der Waals surface area contributed by atoms with E-state index in [-0.39, 0.29) is 5.91 Å². The normalized spacial score (nSPS) is 11.0. The Bertz CT molecular complexity index is 1290. The van der Waals surface area contributed by atoms with Crippen LogP contribution in [0.25, 0.3) is 23.0 Å². The molecule has 8 heteroatoms. The Kier molecular flexibility index (Phi) is 5.53. The first-order valence-corrected chi connectivity index (χ1v) is 9.66. The molecule has 8 nitrogen and oxygen atoms in total. The second-order valence-electron chi connectivity index (χ2n) is 6.76. The number of imidazole rings is 1. The van der Waals surface area contributed by atoms with Crippen molar-refractivity contribution in [3.05, 3.63) is 83.2 Å². The van der Waals surface area contributed by atoms with Crippen molar-refractivity contribution in [1.29, 1.82) is 0 Å². The Labute approximate surface area is 178 Å². The van der Waals surface area contributed by atoms with Crippen molar-refractivity contribution in [1.82, 2.24) is 19.7 Å². The number of rotatable bonds is 6. The Morgan fingerprint density at radius 2 is 1.94 bits per heavy atom. The molecule has 2 N–H and O–H groups in total. The van der Waals surface area contributed by atoms with Crippen LogP contribution in [-0.2, 0) is 0 Å². The molecule has 0 fully saturated rings. The average Bonchev–Trinajstić information content (AvgIpc) is 3.24. The molecule has 0 aliphatic carbocycles. The molecule has 0 saturated heterocycles. The summed E-state index contributed by atoms with van der Waals surface area (Å²) < 4.78 is 1.92. The predicted molar refractivity (Wildman–Crippen MR) is 122 cm³/mol. The van der Waals surface area contributed by atoms with Crippen LogP contribution in [-0.4, -0.2) is 27.3 Å². The maximum atomic E-state index is 12.1. The van der Waals surface area contributed by atoms with Gasteiger partial charge in [-0.3, -0.25) is 9.20 Å². The van der Waals surface area contributed by atoms with Gasteiger partial charge in [-0.1, -0.05) is 24.3 Å². The molecule has 0 aliphatic rings. The van der Waals surface area contributed by atoms with E-state index in [1.807, 2.05) is 53.9 Å². The van der Waals surface area contributed by atoms with Gasteiger partial charge in [0.25, 0.3) is 5.91 Å². The van der Waals surface area contributed by atoms with E-state index in [9.17, 15) is 9.70 Å². The van der Waals surface area contributed by atoms with Gasteiger partial charge in [-0.15, -0.1) is 4.91 Å². The van der Waals surface area contributed by atoms with Gasteiger partial charge < -0.3 is 10.6 Å². The summed E-state index contributed by atoms with van der Waals surface area (Å²) in [6.45, 7) is 1.90. The zero-order chi connectivity index (χ0) is 21.8. The number of fused-ring (bicyclic) bond motifs is 1. The van der Waals surface area contributed by atoms with Crippen LogP contribution < -0.4 is 10.6 Å². The van der Waals surface area contributed by atoms with Crippen LogP contribution in [0.15, 0.2) is 72.3 Å². The van der Waals surface area contributed by atoms with Gasteiger partial charge in [-0.05, 0) is 48.0 Å². The second-order valence-corrected chi connectivity index (χ2v) is 6.76. The third-order valence-corrected chi connectivity index (χ3v) is 4.83. The molecule has 0 radical (unpaired) electrons. The number of carbonyl (C=O) groups excluding carboxylic acids is 1. The van der Waals surface area contributed by atoms with E-state index in [4.69, 9.17) is 0 Å². The second kappa shape index (κ2) is 8.58. The zero-order valence-electron chi connectivity index (χ0n) is 17.0. The molecule has 2 aromatic carbocycles. The number of nitrogens with one attached hydrogen (secondary N) is 2. The van der Waals surface area contributed by atoms with Gasteiger partial charge in [0.05, 0.1) is 11.9 Å². The maximum absolute atomic E-state index is 12.1. The smallest absolute Gasteiger partial charge is 0.251 e. The number of aromatic nitrogens is 3. The first kappa shape index (κ1) is 20.0. The van der Waals surface area contributed by atoms with Crippen molar-refractivity contribution in [2.75, 3.05) is 12.4 Å². The molecule has 0 unspecified atom stereocenters. The highest BCUT2D eigenvalue weighted by Gasteiger charge is 2.13. The van der Waals surface area contributed by atoms with Crippen molar-refractivity contribution in [3.8, 4) is 11.3 Å². The minimum Gasteiger partial charge on any atom is -0.355 e. The zero-order valence-corrected chi connectivity index (χ0v) is 17.0. The molecule has 2 aromatic heterocycles. The standard InChI is InChI=1S/C23H20N6O2/c1-3-4-16-13-18(9-10-19(16)23(30)24-2)27-21-22-26-14-20(29(22)12-11-25-21)15-5-7-17(28-31)8-6-15/h3-14H,1-2H3,(H,24,30)(H,25,27)/b4-3+. The summed E-state index contributed by atoms with van der Waals surface area (Å²) in [6, 6.07) is 12.5. The quantitative estimate of drug-likeness (QED) is 0.437. The van der Waals surface area contributed by atoms with Crippen LogP contribution in [0.2, 0.25) is 0 Å². The lowest BCUT2D eigenvalue weighted by Gasteiger charge is -2.11. The number of nitroso groups, excluding NO2 is 1. The van der Waals surface area contributed by atoms with Crippen molar-refractivity contribution in [2.24, 2.45) is 5.18 Å². The van der Waals surface area contributed by atoms with Gasteiger partial charge in [0.1, 0.15) is 5.69 Å². The molecule has 2 heterocycles. The summed E-state index contributed by atoms with van der Waals surface area (Å²) in [5.74, 6) is 0.438. The Balaban J connectivity index is 1.71. The minimum absolute atomic E-state index is 0.145. The van der Waals surface area contributed by atoms with Crippen LogP contribution in [0.5, 0.6) is 0 Å². The lowest BCUT2D eigenvalue weighted by atomic mass is 10.1. The monoisotopic (exact) mass is 412 g/mol. The molecular formula is C23H20N6O2. The first-order valence-electron chi connectivity index (χ1n) is 9.66. The highest BCUT2D eigenvalue weighted by atomic mass is 16.3. The summed E-state index contributed by atoms with van der Waals surface area (Å²) in [5.41, 5.74) is 4.97. The third-order valence-electron chi connectivity index (χ3n) is 4.83. The molecule has 0 bridgehead atoms. The fraction of sp³-hybridized carbons (Fsp3) is 0.0870. The van der Waals surface area contributed by atoms with Gasteiger partial charge in [0.2, 0.25) is 0 Å². The molecule has 154 valence electrons. The molecule has 0 saturated carbocycles. The number of benzene rings is 2. The molecule has 0 atom stereocenters. The number of anilines is 2. The molecular weight excluding hydrogens is 392 g/mol. The van der Waals surface area contributed by atoms with E-state index in [1.165, 1.54) is 0 Å². The average molecular weight is 412 g/mol. The molecule has 0 aliphatic heterocycles. The molecule has 31 heavy (non-hydrogen) atoms. The third kappa shape index (κ3) is 3.91. The summed E-state index contributed by atoms with van der Waals surface area (Å²) >= 11 is 0. The number of hydrogen-bond acceptors (Lipinski definition) is 6. The van der Waals surface area contributed by atoms with Crippen molar-refractivity contribution < 1.29 is 4.79 Å². The van der Waals surface area contributed by atoms with E-state index >= 15 is 0 Å². The Hall–Kier alpha value is -4.33. The lowest BCUT2D eigenvalue weighted by molar-refractivity contribution is 0.0963. The molecule has 0 spiro atoms. The van der Waals surface area contributed by atoms with Crippen LogP contribution in [0.3, 0.4) is 0 Å². The van der Waals surface area contributed by atoms with Gasteiger partial charge in [0.15, 0.2) is 11.5 Å². The summed E-state index contributed by atoms with van der Waals surface area (Å²) in [6.07, 6.45) is 9.04. The number of carbonyl (C=O) groups is 1. The highest BCUT2D eigenvalue weighted by molar-refractivity contribution is 5.98. The van der Waals surface area contributed by atoms with E-state index < -0.39 is 0 Å². The van der Waals surface area contributed by atoms with Gasteiger partial charge in [-0.25, -0.2) is 9.97 Å². The van der Waals surface area contributed by atoms with E-state index in [0.29, 0.717) is 22.7 Å². The number of allylic oxidation sites excluding steroid dienone is 1. The molecule has 1 amide bonds. The summed E-state index contributed by atoms with van der Waals surface area (Å²) in [4.78, 5) is 31.7. The predicted octanol–water partition coefficient (Wildman–Crippen LogP) is 4.93. The topological polar surface area (TPSA) is 101 Å². The fourth-order valence-electron chi connectivity index (χ4n) is 3.35. The summed E-state index contributed by atoms with van der Waals surface area (Å²) in [7, 11) is 1.61. The largest absolute Gasteiger partial charge is 0.355 e. The minimum atomic E-state index is -0.145. The molecule has 4 aromatic rings. The van der Waals surface area contributed by atoms with Gasteiger partial charge in [0, 0.05) is 36.3 Å². The summed E-state index contributed by atoms with van der Waals surface area (Å²) in [5, 5.41) is 8.89. The first-order chi connectivity index (χ1) is 15.1. The van der Waals surface area contributed by atoms with Crippen LogP contribution in [0.1, 0.15) is 22.8 Å². The van der Waals surface area contributed by atoms with E-state index in [2.05, 4.69) is 25.8 Å². The highest BCUT2D eigenvalue weighted by Crippen LogP contribution is 2.27.